The molecule has 0 spiro atoms. The molecule has 0 radical (unpaired) electrons. The average Bonchev–Trinajstić information content (AvgIpc) is 3.35. The predicted molar refractivity (Wildman–Crippen MR) is 140 cm³/mol. The number of thiophene rings is 1. The number of aryl methyl sites for hydroxylation is 3. The molecule has 1 aliphatic heterocycles. The molecule has 0 saturated heterocycles. The van der Waals surface area contributed by atoms with Gasteiger partial charge in [-0.2, -0.15) is 0 Å². The molecule has 4 nitrogen and oxygen atoms in total. The number of hydrogen-bond donors (Lipinski definition) is 0. The van der Waals surface area contributed by atoms with Gasteiger partial charge in [0.05, 0.1) is 5.71 Å². The van der Waals surface area contributed by atoms with E-state index in [9.17, 15) is 0 Å². The van der Waals surface area contributed by atoms with E-state index in [1.807, 2.05) is 18.3 Å². The number of benzene rings is 1. The molecule has 3 aromatic rings. The van der Waals surface area contributed by atoms with Crippen LogP contribution in [0, 0.1) is 13.8 Å². The molecule has 33 heavy (non-hydrogen) atoms. The van der Waals surface area contributed by atoms with Gasteiger partial charge >= 0.3 is 0 Å². The summed E-state index contributed by atoms with van der Waals surface area (Å²) in [5.74, 6) is 1.88. The lowest BCUT2D eigenvalue weighted by molar-refractivity contribution is 0.557. The van der Waals surface area contributed by atoms with Crippen molar-refractivity contribution in [3.05, 3.63) is 63.5 Å². The second-order valence-corrected chi connectivity index (χ2v) is 10.5. The van der Waals surface area contributed by atoms with E-state index >= 15 is 0 Å². The Labute approximate surface area is 203 Å². The van der Waals surface area contributed by atoms with Crippen LogP contribution in [-0.2, 0) is 13.0 Å². The molecule has 0 unspecified atom stereocenters. The number of aromatic nitrogens is 3. The first-order valence-electron chi connectivity index (χ1n) is 12.8. The molecule has 5 heteroatoms. The van der Waals surface area contributed by atoms with Gasteiger partial charge in [0.1, 0.15) is 17.4 Å². The van der Waals surface area contributed by atoms with Gasteiger partial charge in [0, 0.05) is 16.0 Å². The van der Waals surface area contributed by atoms with Gasteiger partial charge in [0.15, 0.2) is 5.82 Å². The summed E-state index contributed by atoms with van der Waals surface area (Å²) in [5.41, 5.74) is 4.77. The van der Waals surface area contributed by atoms with Crippen LogP contribution in [0.4, 0.5) is 0 Å². The highest BCUT2D eigenvalue weighted by atomic mass is 32.1. The lowest BCUT2D eigenvalue weighted by Gasteiger charge is -2.07. The van der Waals surface area contributed by atoms with Crippen molar-refractivity contribution in [1.82, 2.24) is 14.8 Å². The third kappa shape index (κ3) is 6.00. The van der Waals surface area contributed by atoms with Crippen molar-refractivity contribution in [2.45, 2.75) is 97.9 Å². The van der Waals surface area contributed by atoms with Crippen LogP contribution in [0.1, 0.15) is 104 Å². The molecule has 1 aromatic carbocycles. The monoisotopic (exact) mass is 462 g/mol. The standard InChI is InChI=1S/C28H38N4S/c1-4-5-6-7-8-9-10-11-12-13-14-24-19-25-27(23-17-15-21(2)16-18-23)29-20-26-31-30-22(3)32(26)28(25)33-24/h15-19H,4-14,20H2,1-3H3. The smallest absolute Gasteiger partial charge is 0.160 e. The Morgan fingerprint density at radius 1 is 0.848 bits per heavy atom. The molecule has 176 valence electrons. The van der Waals surface area contributed by atoms with Crippen molar-refractivity contribution in [3.63, 3.8) is 0 Å². The van der Waals surface area contributed by atoms with E-state index in [0.29, 0.717) is 6.54 Å². The largest absolute Gasteiger partial charge is 0.276 e. The van der Waals surface area contributed by atoms with Crippen LogP contribution < -0.4 is 0 Å². The number of hydrogen-bond acceptors (Lipinski definition) is 4. The van der Waals surface area contributed by atoms with Gasteiger partial charge in [-0.25, -0.2) is 0 Å². The zero-order valence-electron chi connectivity index (χ0n) is 20.6. The molecule has 0 atom stereocenters. The van der Waals surface area contributed by atoms with E-state index < -0.39 is 0 Å². The summed E-state index contributed by atoms with van der Waals surface area (Å²) in [6, 6.07) is 11.1. The van der Waals surface area contributed by atoms with Gasteiger partial charge in [-0.15, -0.1) is 21.5 Å². The van der Waals surface area contributed by atoms with E-state index in [0.717, 1.165) is 23.8 Å². The summed E-state index contributed by atoms with van der Waals surface area (Å²) in [6.45, 7) is 7.02. The number of nitrogens with zero attached hydrogens (tertiary/aromatic N) is 4. The molecule has 4 rings (SSSR count). The first-order chi connectivity index (χ1) is 16.2. The Kier molecular flexibility index (Phi) is 8.49. The minimum Gasteiger partial charge on any atom is -0.276 e. The van der Waals surface area contributed by atoms with Crippen LogP contribution >= 0.6 is 11.3 Å². The van der Waals surface area contributed by atoms with Gasteiger partial charge in [0.2, 0.25) is 0 Å². The third-order valence-electron chi connectivity index (χ3n) is 6.59. The Morgan fingerprint density at radius 3 is 2.21 bits per heavy atom. The Balaban J connectivity index is 1.40. The molecule has 3 heterocycles. The summed E-state index contributed by atoms with van der Waals surface area (Å²) in [7, 11) is 0. The fourth-order valence-electron chi connectivity index (χ4n) is 4.64. The molecular weight excluding hydrogens is 424 g/mol. The van der Waals surface area contributed by atoms with Crippen molar-refractivity contribution in [2.24, 2.45) is 4.99 Å². The van der Waals surface area contributed by atoms with Crippen LogP contribution in [0.25, 0.3) is 5.00 Å². The normalized spacial score (nSPS) is 12.9. The lowest BCUT2D eigenvalue weighted by atomic mass is 10.0. The minimum absolute atomic E-state index is 0.569. The zero-order valence-corrected chi connectivity index (χ0v) is 21.4. The molecule has 0 saturated carbocycles. The first-order valence-corrected chi connectivity index (χ1v) is 13.6. The van der Waals surface area contributed by atoms with Crippen molar-refractivity contribution in [1.29, 1.82) is 0 Å². The van der Waals surface area contributed by atoms with Crippen LogP contribution in [0.2, 0.25) is 0 Å². The van der Waals surface area contributed by atoms with E-state index in [4.69, 9.17) is 4.99 Å². The highest BCUT2D eigenvalue weighted by Gasteiger charge is 2.24. The van der Waals surface area contributed by atoms with Crippen molar-refractivity contribution >= 4 is 17.0 Å². The van der Waals surface area contributed by atoms with Crippen LogP contribution in [0.5, 0.6) is 0 Å². The third-order valence-corrected chi connectivity index (χ3v) is 7.77. The van der Waals surface area contributed by atoms with Gasteiger partial charge in [-0.1, -0.05) is 94.5 Å². The molecule has 0 fully saturated rings. The Bertz CT molecular complexity index is 1060. The topological polar surface area (TPSA) is 43.1 Å². The number of unbranched alkanes of at least 4 members (excludes halogenated alkanes) is 9. The summed E-state index contributed by atoms with van der Waals surface area (Å²) in [6.07, 6.45) is 14.9. The van der Waals surface area contributed by atoms with E-state index in [-0.39, 0.29) is 0 Å². The second kappa shape index (κ2) is 11.7. The highest BCUT2D eigenvalue weighted by Crippen LogP contribution is 2.34. The van der Waals surface area contributed by atoms with E-state index in [2.05, 4.69) is 58.9 Å². The summed E-state index contributed by atoms with van der Waals surface area (Å²) >= 11 is 1.89. The Morgan fingerprint density at radius 2 is 1.52 bits per heavy atom. The van der Waals surface area contributed by atoms with Gasteiger partial charge in [-0.05, 0) is 32.8 Å². The van der Waals surface area contributed by atoms with Gasteiger partial charge in [0.25, 0.3) is 0 Å². The van der Waals surface area contributed by atoms with Crippen LogP contribution in [0.3, 0.4) is 0 Å². The summed E-state index contributed by atoms with van der Waals surface area (Å²) < 4.78 is 2.22. The Hall–Kier alpha value is -2.27. The quantitative estimate of drug-likeness (QED) is 0.258. The predicted octanol–water partition coefficient (Wildman–Crippen LogP) is 7.76. The second-order valence-electron chi connectivity index (χ2n) is 9.39. The SMILES string of the molecule is CCCCCCCCCCCCc1cc2c(s1)-n1c(C)nnc1CN=C2c1ccc(C)cc1. The van der Waals surface area contributed by atoms with E-state index in [1.54, 1.807) is 0 Å². The fraction of sp³-hybridized carbons (Fsp3) is 0.536. The summed E-state index contributed by atoms with van der Waals surface area (Å²) in [4.78, 5) is 6.43. The highest BCUT2D eigenvalue weighted by molar-refractivity contribution is 7.15. The van der Waals surface area contributed by atoms with Gasteiger partial charge < -0.3 is 0 Å². The lowest BCUT2D eigenvalue weighted by Crippen LogP contribution is -2.05. The average molecular weight is 463 g/mol. The maximum absolute atomic E-state index is 4.99. The molecule has 0 N–H and O–H groups in total. The molecule has 2 aromatic heterocycles. The maximum atomic E-state index is 4.99. The molecule has 0 bridgehead atoms. The van der Waals surface area contributed by atoms with Gasteiger partial charge in [-0.3, -0.25) is 9.56 Å². The number of fused-ring (bicyclic) bond motifs is 3. The number of aliphatic imine (C=N–C) groups is 1. The molecule has 0 amide bonds. The van der Waals surface area contributed by atoms with Crippen LogP contribution in [-0.4, -0.2) is 20.5 Å². The van der Waals surface area contributed by atoms with Crippen molar-refractivity contribution < 1.29 is 0 Å². The molecule has 0 aliphatic carbocycles. The zero-order chi connectivity index (χ0) is 23.0. The maximum Gasteiger partial charge on any atom is 0.160 e. The minimum atomic E-state index is 0.569. The molecular formula is C28H38N4S. The fourth-order valence-corrected chi connectivity index (χ4v) is 5.91. The van der Waals surface area contributed by atoms with Crippen molar-refractivity contribution in [2.75, 3.05) is 0 Å². The first kappa shape index (κ1) is 23.9. The van der Waals surface area contributed by atoms with E-state index in [1.165, 1.54) is 90.8 Å². The summed E-state index contributed by atoms with van der Waals surface area (Å²) in [5, 5.41) is 9.97. The molecule has 1 aliphatic rings. The number of rotatable bonds is 12. The van der Waals surface area contributed by atoms with Crippen LogP contribution in [0.15, 0.2) is 35.3 Å². The van der Waals surface area contributed by atoms with Crippen molar-refractivity contribution in [3.8, 4) is 5.00 Å².